The summed E-state index contributed by atoms with van der Waals surface area (Å²) >= 11 is 13.1. The lowest BCUT2D eigenvalue weighted by Gasteiger charge is -2.10. The Hall–Kier alpha value is -2.20. The van der Waals surface area contributed by atoms with Crippen molar-refractivity contribution in [2.24, 2.45) is 0 Å². The lowest BCUT2D eigenvalue weighted by molar-refractivity contribution is -0.119. The maximum Gasteiger partial charge on any atom is 0.340 e. The molecule has 0 unspecified atom stereocenters. The number of hydrogen-bond donors (Lipinski definition) is 1. The summed E-state index contributed by atoms with van der Waals surface area (Å²) < 4.78 is 4.97. The first-order valence-corrected chi connectivity index (χ1v) is 8.77. The highest BCUT2D eigenvalue weighted by molar-refractivity contribution is 7.99. The van der Waals surface area contributed by atoms with Gasteiger partial charge in [-0.1, -0.05) is 41.4 Å². The average Bonchev–Trinajstić information content (AvgIpc) is 2.61. The molecule has 0 saturated heterocycles. The van der Waals surface area contributed by atoms with E-state index in [4.69, 9.17) is 33.2 Å². The van der Waals surface area contributed by atoms with E-state index in [1.807, 2.05) is 6.07 Å². The van der Waals surface area contributed by atoms with Gasteiger partial charge in [0.25, 0.3) is 5.91 Å². The van der Waals surface area contributed by atoms with Crippen LogP contribution in [0.2, 0.25) is 10.0 Å². The Bertz CT molecular complexity index is 837. The van der Waals surface area contributed by atoms with Gasteiger partial charge in [-0.25, -0.2) is 4.79 Å². The Morgan fingerprint density at radius 2 is 1.92 bits per heavy atom. The van der Waals surface area contributed by atoms with Gasteiger partial charge >= 0.3 is 5.97 Å². The number of esters is 1. The molecule has 2 aromatic carbocycles. The Morgan fingerprint density at radius 1 is 1.16 bits per heavy atom. The minimum Gasteiger partial charge on any atom is -0.452 e. The Kier molecular flexibility index (Phi) is 7.14. The van der Waals surface area contributed by atoms with E-state index in [0.717, 1.165) is 4.90 Å². The van der Waals surface area contributed by atoms with E-state index in [1.165, 1.54) is 17.8 Å². The zero-order valence-electron chi connectivity index (χ0n) is 12.8. The molecular formula is C17H12Cl2N2O3S. The number of anilines is 1. The monoisotopic (exact) mass is 394 g/mol. The third kappa shape index (κ3) is 5.40. The number of benzene rings is 2. The number of thioether (sulfide) groups is 1. The summed E-state index contributed by atoms with van der Waals surface area (Å²) in [5, 5.41) is 11.6. The van der Waals surface area contributed by atoms with Gasteiger partial charge in [-0.05, 0) is 24.3 Å². The topological polar surface area (TPSA) is 79.2 Å². The molecule has 0 bridgehead atoms. The first-order valence-electron chi connectivity index (χ1n) is 7.02. The number of nitrogens with one attached hydrogen (secondary N) is 1. The Labute approximate surface area is 158 Å². The summed E-state index contributed by atoms with van der Waals surface area (Å²) in [6.45, 7) is -0.473. The molecule has 0 aliphatic rings. The highest BCUT2D eigenvalue weighted by atomic mass is 35.5. The molecule has 8 heteroatoms. The quantitative estimate of drug-likeness (QED) is 0.579. The van der Waals surface area contributed by atoms with Gasteiger partial charge in [0.2, 0.25) is 0 Å². The molecule has 0 aromatic heterocycles. The second-order valence-corrected chi connectivity index (χ2v) is 6.47. The molecule has 0 atom stereocenters. The number of nitrogens with zero attached hydrogens (tertiary/aromatic N) is 1. The fourth-order valence-corrected chi connectivity index (χ4v) is 2.91. The number of ether oxygens (including phenoxy) is 1. The van der Waals surface area contributed by atoms with Gasteiger partial charge in [0.15, 0.2) is 6.61 Å². The summed E-state index contributed by atoms with van der Waals surface area (Å²) in [6, 6.07) is 13.6. The predicted molar refractivity (Wildman–Crippen MR) is 98.2 cm³/mol. The van der Waals surface area contributed by atoms with Crippen molar-refractivity contribution in [1.29, 1.82) is 5.26 Å². The van der Waals surface area contributed by atoms with Crippen LogP contribution in [0.5, 0.6) is 0 Å². The van der Waals surface area contributed by atoms with Crippen LogP contribution in [-0.2, 0) is 9.53 Å². The lowest BCUT2D eigenvalue weighted by Crippen LogP contribution is -2.21. The van der Waals surface area contributed by atoms with Crippen molar-refractivity contribution in [3.05, 3.63) is 58.1 Å². The van der Waals surface area contributed by atoms with E-state index in [9.17, 15) is 9.59 Å². The second kappa shape index (κ2) is 9.33. The normalized spacial score (nSPS) is 9.96. The van der Waals surface area contributed by atoms with E-state index < -0.39 is 18.5 Å². The van der Waals surface area contributed by atoms with Crippen LogP contribution >= 0.6 is 35.0 Å². The molecule has 0 heterocycles. The largest absolute Gasteiger partial charge is 0.452 e. The molecule has 25 heavy (non-hydrogen) atoms. The molecular weight excluding hydrogens is 383 g/mol. The number of carbonyl (C=O) groups excluding carboxylic acids is 2. The first-order chi connectivity index (χ1) is 12.0. The average molecular weight is 395 g/mol. The van der Waals surface area contributed by atoms with Crippen LogP contribution in [0.15, 0.2) is 47.4 Å². The standard InChI is InChI=1S/C17H12Cl2N2O3S/c18-12-5-3-4-11(16(12)19)17(23)24-10-15(22)21-13-6-1-2-7-14(13)25-9-8-20/h1-7H,9-10H2,(H,21,22). The highest BCUT2D eigenvalue weighted by Crippen LogP contribution is 2.27. The van der Waals surface area contributed by atoms with Crippen molar-refractivity contribution >= 4 is 52.5 Å². The molecule has 2 rings (SSSR count). The van der Waals surface area contributed by atoms with Gasteiger partial charge in [0, 0.05) is 4.90 Å². The van der Waals surface area contributed by atoms with Crippen molar-refractivity contribution in [3.8, 4) is 6.07 Å². The van der Waals surface area contributed by atoms with Crippen LogP contribution in [0.3, 0.4) is 0 Å². The number of hydrogen-bond acceptors (Lipinski definition) is 5. The zero-order chi connectivity index (χ0) is 18.2. The molecule has 5 nitrogen and oxygen atoms in total. The van der Waals surface area contributed by atoms with Crippen molar-refractivity contribution in [2.75, 3.05) is 17.7 Å². The Morgan fingerprint density at radius 3 is 2.68 bits per heavy atom. The van der Waals surface area contributed by atoms with E-state index in [0.29, 0.717) is 5.69 Å². The molecule has 128 valence electrons. The number of nitriles is 1. The minimum absolute atomic E-state index is 0.0767. The zero-order valence-corrected chi connectivity index (χ0v) is 15.1. The summed E-state index contributed by atoms with van der Waals surface area (Å²) in [7, 11) is 0. The maximum atomic E-state index is 12.0. The molecule has 0 radical (unpaired) electrons. The van der Waals surface area contributed by atoms with Gasteiger partial charge < -0.3 is 10.1 Å². The molecule has 0 aliphatic carbocycles. The van der Waals surface area contributed by atoms with Crippen LogP contribution in [0.25, 0.3) is 0 Å². The summed E-state index contributed by atoms with van der Waals surface area (Å²) in [4.78, 5) is 24.8. The predicted octanol–water partition coefficient (Wildman–Crippen LogP) is 4.40. The first kappa shape index (κ1) is 19.1. The fraction of sp³-hybridized carbons (Fsp3) is 0.118. The van der Waals surface area contributed by atoms with Crippen LogP contribution in [0.1, 0.15) is 10.4 Å². The smallest absolute Gasteiger partial charge is 0.340 e. The molecule has 1 N–H and O–H groups in total. The molecule has 0 saturated carbocycles. The van der Waals surface area contributed by atoms with Crippen LogP contribution in [-0.4, -0.2) is 24.2 Å². The summed E-state index contributed by atoms with van der Waals surface area (Å²) in [5.74, 6) is -0.985. The third-order valence-electron chi connectivity index (χ3n) is 2.96. The van der Waals surface area contributed by atoms with Gasteiger partial charge in [-0.3, -0.25) is 4.79 Å². The number of rotatable bonds is 6. The van der Waals surface area contributed by atoms with Gasteiger partial charge in [0.05, 0.1) is 33.1 Å². The van der Waals surface area contributed by atoms with E-state index in [2.05, 4.69) is 5.32 Å². The van der Waals surface area contributed by atoms with Crippen molar-refractivity contribution in [2.45, 2.75) is 4.90 Å². The van der Waals surface area contributed by atoms with Gasteiger partial charge in [-0.15, -0.1) is 11.8 Å². The van der Waals surface area contributed by atoms with Gasteiger partial charge in [0.1, 0.15) is 0 Å². The van der Waals surface area contributed by atoms with Crippen LogP contribution in [0.4, 0.5) is 5.69 Å². The number of halogens is 2. The molecule has 0 spiro atoms. The minimum atomic E-state index is -0.741. The number of para-hydroxylation sites is 1. The number of carbonyl (C=O) groups is 2. The molecule has 1 amide bonds. The molecule has 2 aromatic rings. The lowest BCUT2D eigenvalue weighted by atomic mass is 10.2. The molecule has 0 aliphatic heterocycles. The SMILES string of the molecule is N#CCSc1ccccc1NC(=O)COC(=O)c1cccc(Cl)c1Cl. The van der Waals surface area contributed by atoms with E-state index in [1.54, 1.807) is 36.4 Å². The second-order valence-electron chi connectivity index (χ2n) is 4.67. The van der Waals surface area contributed by atoms with Crippen LogP contribution < -0.4 is 5.32 Å². The van der Waals surface area contributed by atoms with Crippen molar-refractivity contribution in [1.82, 2.24) is 0 Å². The third-order valence-corrected chi connectivity index (χ3v) is 4.72. The summed E-state index contributed by atoms with van der Waals surface area (Å²) in [6.07, 6.45) is 0. The molecule has 0 fully saturated rings. The van der Waals surface area contributed by atoms with E-state index in [-0.39, 0.29) is 21.4 Å². The Balaban J connectivity index is 1.96. The van der Waals surface area contributed by atoms with Crippen molar-refractivity contribution in [3.63, 3.8) is 0 Å². The van der Waals surface area contributed by atoms with Crippen LogP contribution in [0, 0.1) is 11.3 Å². The fourth-order valence-electron chi connectivity index (χ4n) is 1.86. The van der Waals surface area contributed by atoms with Crippen molar-refractivity contribution < 1.29 is 14.3 Å². The van der Waals surface area contributed by atoms with Gasteiger partial charge in [-0.2, -0.15) is 5.26 Å². The van der Waals surface area contributed by atoms with E-state index >= 15 is 0 Å². The highest BCUT2D eigenvalue weighted by Gasteiger charge is 2.16. The number of amides is 1. The maximum absolute atomic E-state index is 12.0. The summed E-state index contributed by atoms with van der Waals surface area (Å²) in [5.41, 5.74) is 0.636.